The van der Waals surface area contributed by atoms with Gasteiger partial charge in [-0.25, -0.2) is 4.98 Å². The molecule has 94 valence electrons. The van der Waals surface area contributed by atoms with E-state index >= 15 is 0 Å². The summed E-state index contributed by atoms with van der Waals surface area (Å²) in [5.41, 5.74) is 0.918. The van der Waals surface area contributed by atoms with Crippen LogP contribution in [-0.2, 0) is 0 Å². The van der Waals surface area contributed by atoms with Crippen LogP contribution >= 0.6 is 11.3 Å². The highest BCUT2D eigenvalue weighted by Crippen LogP contribution is 2.31. The lowest BCUT2D eigenvalue weighted by Gasteiger charge is -1.87. The van der Waals surface area contributed by atoms with Gasteiger partial charge in [0, 0.05) is 0 Å². The van der Waals surface area contributed by atoms with Crippen LogP contribution in [0.3, 0.4) is 0 Å². The minimum absolute atomic E-state index is 0.436. The van der Waals surface area contributed by atoms with E-state index in [1.54, 1.807) is 12.1 Å². The first-order chi connectivity index (χ1) is 9.22. The number of para-hydroxylation sites is 1. The van der Waals surface area contributed by atoms with E-state index in [-0.39, 0.29) is 0 Å². The Hall–Kier alpha value is -2.47. The van der Waals surface area contributed by atoms with Crippen LogP contribution < -0.4 is 0 Å². The Balaban J connectivity index is 1.96. The highest BCUT2D eigenvalue weighted by Gasteiger charge is 2.09. The minimum atomic E-state index is -0.528. The van der Waals surface area contributed by atoms with Gasteiger partial charge in [0.25, 0.3) is 0 Å². The van der Waals surface area contributed by atoms with Gasteiger partial charge >= 0.3 is 0 Å². The predicted molar refractivity (Wildman–Crippen MR) is 73.4 cm³/mol. The Labute approximate surface area is 112 Å². The van der Waals surface area contributed by atoms with Crippen molar-refractivity contribution in [2.24, 2.45) is 0 Å². The van der Waals surface area contributed by atoms with Crippen molar-refractivity contribution < 1.29 is 9.34 Å². The molecule has 0 bridgehead atoms. The second kappa shape index (κ2) is 4.66. The predicted octanol–water partition coefficient (Wildman–Crippen LogP) is 3.80. The summed E-state index contributed by atoms with van der Waals surface area (Å²) in [7, 11) is 0. The second-order valence-corrected chi connectivity index (χ2v) is 4.82. The van der Waals surface area contributed by atoms with Crippen molar-refractivity contribution in [3.63, 3.8) is 0 Å². The molecular formula is C13H8N2O3S. The van der Waals surface area contributed by atoms with Crippen LogP contribution in [-0.4, -0.2) is 9.91 Å². The Morgan fingerprint density at radius 3 is 2.89 bits per heavy atom. The standard InChI is InChI=1S/C13H8N2O3S/c16-15(17)8-7-9-5-6-11(18-9)13-14-10-3-1-2-4-12(10)19-13/h1-8H. The maximum absolute atomic E-state index is 10.2. The minimum Gasteiger partial charge on any atom is -0.454 e. The summed E-state index contributed by atoms with van der Waals surface area (Å²) in [6, 6.07) is 11.3. The van der Waals surface area contributed by atoms with Gasteiger partial charge < -0.3 is 4.42 Å². The van der Waals surface area contributed by atoms with Gasteiger partial charge in [-0.15, -0.1) is 11.3 Å². The first-order valence-corrected chi connectivity index (χ1v) is 6.31. The molecule has 0 N–H and O–H groups in total. The van der Waals surface area contributed by atoms with E-state index in [9.17, 15) is 10.1 Å². The number of nitrogens with zero attached hydrogens (tertiary/aromatic N) is 2. The zero-order valence-corrected chi connectivity index (χ0v) is 10.5. The molecule has 0 aliphatic carbocycles. The normalized spacial score (nSPS) is 11.4. The summed E-state index contributed by atoms with van der Waals surface area (Å²) in [4.78, 5) is 14.2. The van der Waals surface area contributed by atoms with Crippen LogP contribution in [0.15, 0.2) is 47.0 Å². The van der Waals surface area contributed by atoms with E-state index in [0.29, 0.717) is 11.5 Å². The Morgan fingerprint density at radius 2 is 2.11 bits per heavy atom. The summed E-state index contributed by atoms with van der Waals surface area (Å²) in [5, 5.41) is 11.0. The van der Waals surface area contributed by atoms with Crippen molar-refractivity contribution in [1.29, 1.82) is 0 Å². The smallest absolute Gasteiger partial charge is 0.238 e. The fourth-order valence-corrected chi connectivity index (χ4v) is 2.60. The van der Waals surface area contributed by atoms with Crippen LogP contribution in [0.2, 0.25) is 0 Å². The van der Waals surface area contributed by atoms with Gasteiger partial charge in [0.2, 0.25) is 6.20 Å². The summed E-state index contributed by atoms with van der Waals surface area (Å²) in [6.07, 6.45) is 2.16. The number of benzene rings is 1. The summed E-state index contributed by atoms with van der Waals surface area (Å²) < 4.78 is 6.59. The van der Waals surface area contributed by atoms with Crippen LogP contribution in [0, 0.1) is 10.1 Å². The molecule has 0 aliphatic rings. The third-order valence-corrected chi connectivity index (χ3v) is 3.54. The first-order valence-electron chi connectivity index (χ1n) is 5.50. The van der Waals surface area contributed by atoms with Crippen LogP contribution in [0.5, 0.6) is 0 Å². The SMILES string of the molecule is O=[N+]([O-])C=Cc1ccc(-c2nc3ccccc3s2)o1. The van der Waals surface area contributed by atoms with E-state index < -0.39 is 4.92 Å². The van der Waals surface area contributed by atoms with Crippen LogP contribution in [0.1, 0.15) is 5.76 Å². The molecule has 0 fully saturated rings. The molecule has 0 spiro atoms. The molecule has 3 aromatic rings. The van der Waals surface area contributed by atoms with Gasteiger partial charge in [-0.1, -0.05) is 12.1 Å². The van der Waals surface area contributed by atoms with E-state index in [0.717, 1.165) is 21.4 Å². The molecule has 3 rings (SSSR count). The lowest BCUT2D eigenvalue weighted by Crippen LogP contribution is -1.80. The van der Waals surface area contributed by atoms with Crippen molar-refractivity contribution in [3.8, 4) is 10.8 Å². The summed E-state index contributed by atoms with van der Waals surface area (Å²) in [6.45, 7) is 0. The number of aromatic nitrogens is 1. The average molecular weight is 272 g/mol. The first kappa shape index (κ1) is 11.6. The molecule has 0 saturated carbocycles. The number of hydrogen-bond donors (Lipinski definition) is 0. The number of hydrogen-bond acceptors (Lipinski definition) is 5. The lowest BCUT2D eigenvalue weighted by molar-refractivity contribution is -0.401. The second-order valence-electron chi connectivity index (χ2n) is 3.79. The molecule has 1 aromatic carbocycles. The van der Waals surface area contributed by atoms with Gasteiger partial charge in [-0.2, -0.15) is 0 Å². The van der Waals surface area contributed by atoms with Crippen molar-refractivity contribution >= 4 is 27.6 Å². The number of rotatable bonds is 3. The number of thiazole rings is 1. The molecular weight excluding hydrogens is 264 g/mol. The van der Waals surface area contributed by atoms with Crippen molar-refractivity contribution in [1.82, 2.24) is 4.98 Å². The van der Waals surface area contributed by atoms with Gasteiger partial charge in [0.1, 0.15) is 5.76 Å². The largest absolute Gasteiger partial charge is 0.454 e. The van der Waals surface area contributed by atoms with Gasteiger partial charge in [-0.3, -0.25) is 10.1 Å². The Kier molecular flexibility index (Phi) is 2.85. The summed E-state index contributed by atoms with van der Waals surface area (Å²) in [5.74, 6) is 1.05. The Morgan fingerprint density at radius 1 is 1.26 bits per heavy atom. The highest BCUT2D eigenvalue weighted by molar-refractivity contribution is 7.21. The highest BCUT2D eigenvalue weighted by atomic mass is 32.1. The van der Waals surface area contributed by atoms with Crippen molar-refractivity contribution in [2.45, 2.75) is 0 Å². The molecule has 19 heavy (non-hydrogen) atoms. The lowest BCUT2D eigenvalue weighted by atomic mass is 10.3. The average Bonchev–Trinajstić information content (AvgIpc) is 3.02. The molecule has 0 aliphatic heterocycles. The zero-order valence-electron chi connectivity index (χ0n) is 9.65. The number of fused-ring (bicyclic) bond motifs is 1. The number of furan rings is 1. The fraction of sp³-hybridized carbons (Fsp3) is 0. The summed E-state index contributed by atoms with van der Waals surface area (Å²) >= 11 is 1.53. The monoisotopic (exact) mass is 272 g/mol. The molecule has 6 heteroatoms. The van der Waals surface area contributed by atoms with E-state index in [4.69, 9.17) is 4.42 Å². The van der Waals surface area contributed by atoms with Crippen molar-refractivity contribution in [2.75, 3.05) is 0 Å². The quantitative estimate of drug-likeness (QED) is 0.537. The van der Waals surface area contributed by atoms with Gasteiger partial charge in [0.05, 0.1) is 21.2 Å². The van der Waals surface area contributed by atoms with Crippen molar-refractivity contribution in [3.05, 3.63) is 58.5 Å². The molecule has 0 atom stereocenters. The van der Waals surface area contributed by atoms with Gasteiger partial charge in [-0.05, 0) is 24.3 Å². The topological polar surface area (TPSA) is 69.2 Å². The van der Waals surface area contributed by atoms with Crippen LogP contribution in [0.4, 0.5) is 0 Å². The molecule has 2 heterocycles. The molecule has 0 unspecified atom stereocenters. The third kappa shape index (κ3) is 2.38. The van der Waals surface area contributed by atoms with E-state index in [1.165, 1.54) is 17.4 Å². The van der Waals surface area contributed by atoms with E-state index in [2.05, 4.69) is 4.98 Å². The maximum atomic E-state index is 10.2. The molecule has 0 amide bonds. The number of nitro groups is 1. The van der Waals surface area contributed by atoms with E-state index in [1.807, 2.05) is 24.3 Å². The molecule has 0 saturated heterocycles. The molecule has 2 aromatic heterocycles. The third-order valence-electron chi connectivity index (χ3n) is 2.49. The Bertz CT molecular complexity index is 740. The van der Waals surface area contributed by atoms with Gasteiger partial charge in [0.15, 0.2) is 10.8 Å². The molecule has 5 nitrogen and oxygen atoms in total. The molecule has 0 radical (unpaired) electrons. The zero-order chi connectivity index (χ0) is 13.2. The van der Waals surface area contributed by atoms with Crippen LogP contribution in [0.25, 0.3) is 27.1 Å². The fourth-order valence-electron chi connectivity index (χ4n) is 1.67. The maximum Gasteiger partial charge on any atom is 0.238 e.